The van der Waals surface area contributed by atoms with Crippen molar-refractivity contribution in [1.29, 1.82) is 0 Å². The molecule has 1 heterocycles. The molecule has 4 rings (SSSR count). The predicted molar refractivity (Wildman–Crippen MR) is 140 cm³/mol. The summed E-state index contributed by atoms with van der Waals surface area (Å²) in [5.41, 5.74) is 2.48. The first-order chi connectivity index (χ1) is 17.9. The highest BCUT2D eigenvalue weighted by Crippen LogP contribution is 2.23. The normalized spacial score (nSPS) is 17.1. The average molecular weight is 511 g/mol. The van der Waals surface area contributed by atoms with Gasteiger partial charge in [0.2, 0.25) is 5.91 Å². The van der Waals surface area contributed by atoms with Crippen LogP contribution in [0.4, 0.5) is 0 Å². The highest BCUT2D eigenvalue weighted by atomic mass is 16.5. The molecule has 2 aromatic rings. The summed E-state index contributed by atoms with van der Waals surface area (Å²) >= 11 is 0. The van der Waals surface area contributed by atoms with Gasteiger partial charge in [-0.1, -0.05) is 68.1 Å². The number of aliphatic carboxylic acids is 2. The number of likely N-dealkylation sites (tertiary alicyclic amines) is 1. The van der Waals surface area contributed by atoms with Crippen LogP contribution >= 0.6 is 0 Å². The number of nitrogens with zero attached hydrogens (tertiary/aromatic N) is 1. The summed E-state index contributed by atoms with van der Waals surface area (Å²) in [6.07, 6.45) is 9.44. The Morgan fingerprint density at radius 3 is 1.95 bits per heavy atom. The van der Waals surface area contributed by atoms with E-state index in [4.69, 9.17) is 24.5 Å². The van der Waals surface area contributed by atoms with Crippen molar-refractivity contribution in [3.05, 3.63) is 65.7 Å². The molecule has 1 saturated carbocycles. The number of ether oxygens (including phenoxy) is 1. The van der Waals surface area contributed by atoms with Crippen molar-refractivity contribution in [2.75, 3.05) is 13.1 Å². The highest BCUT2D eigenvalue weighted by Gasteiger charge is 2.26. The minimum atomic E-state index is -1.82. The molecule has 8 heteroatoms. The van der Waals surface area contributed by atoms with Crippen LogP contribution in [-0.4, -0.2) is 52.1 Å². The molecule has 200 valence electrons. The van der Waals surface area contributed by atoms with E-state index in [1.165, 1.54) is 36.8 Å². The fourth-order valence-electron chi connectivity index (χ4n) is 4.79. The van der Waals surface area contributed by atoms with Gasteiger partial charge in [0.25, 0.3) is 0 Å². The van der Waals surface area contributed by atoms with Crippen molar-refractivity contribution < 1.29 is 29.3 Å². The number of carboxylic acid groups (broad SMARTS) is 2. The van der Waals surface area contributed by atoms with E-state index in [1.807, 2.05) is 18.2 Å². The predicted octanol–water partition coefficient (Wildman–Crippen LogP) is 4.47. The minimum Gasteiger partial charge on any atom is -0.489 e. The molecule has 0 spiro atoms. The molecule has 0 unspecified atom stereocenters. The van der Waals surface area contributed by atoms with E-state index in [1.54, 1.807) is 0 Å². The fraction of sp³-hybridized carbons (Fsp3) is 0.483. The van der Waals surface area contributed by atoms with Crippen LogP contribution in [-0.2, 0) is 27.5 Å². The van der Waals surface area contributed by atoms with Gasteiger partial charge in [-0.05, 0) is 62.0 Å². The van der Waals surface area contributed by atoms with Gasteiger partial charge in [-0.2, -0.15) is 0 Å². The van der Waals surface area contributed by atoms with E-state index in [2.05, 4.69) is 46.6 Å². The number of carbonyl (C=O) groups is 3. The Kier molecular flexibility index (Phi) is 11.4. The maximum absolute atomic E-state index is 12.7. The quantitative estimate of drug-likeness (QED) is 0.372. The van der Waals surface area contributed by atoms with Crippen LogP contribution in [0.5, 0.6) is 5.75 Å². The summed E-state index contributed by atoms with van der Waals surface area (Å²) in [4.78, 5) is 33.4. The molecule has 2 aromatic carbocycles. The number of nitrogens with one attached hydrogen (secondary N) is 1. The number of hydrogen-bond acceptors (Lipinski definition) is 5. The summed E-state index contributed by atoms with van der Waals surface area (Å²) < 4.78 is 5.89. The van der Waals surface area contributed by atoms with Crippen LogP contribution in [0.1, 0.15) is 62.5 Å². The molecule has 0 aromatic heterocycles. The zero-order valence-corrected chi connectivity index (χ0v) is 21.3. The number of piperidine rings is 1. The lowest BCUT2D eigenvalue weighted by atomic mass is 9.94. The van der Waals surface area contributed by atoms with Gasteiger partial charge in [0.15, 0.2) is 0 Å². The number of hydrogen-bond donors (Lipinski definition) is 3. The molecule has 0 atom stereocenters. The molecule has 3 N–H and O–H groups in total. The third kappa shape index (κ3) is 10.2. The number of amides is 1. The molecule has 8 nitrogen and oxygen atoms in total. The maximum Gasteiger partial charge on any atom is 0.414 e. The maximum atomic E-state index is 12.7. The van der Waals surface area contributed by atoms with Gasteiger partial charge in [0, 0.05) is 18.5 Å². The largest absolute Gasteiger partial charge is 0.489 e. The summed E-state index contributed by atoms with van der Waals surface area (Å²) in [7, 11) is 0. The van der Waals surface area contributed by atoms with Crippen LogP contribution in [0.25, 0.3) is 0 Å². The molecular formula is C29H38N2O6. The minimum absolute atomic E-state index is 0.188. The van der Waals surface area contributed by atoms with Gasteiger partial charge in [-0.15, -0.1) is 0 Å². The molecule has 2 fully saturated rings. The Labute approximate surface area is 218 Å². The second kappa shape index (κ2) is 15.0. The number of carbonyl (C=O) groups excluding carboxylic acids is 1. The van der Waals surface area contributed by atoms with E-state index >= 15 is 0 Å². The lowest BCUT2D eigenvalue weighted by molar-refractivity contribution is -0.159. The van der Waals surface area contributed by atoms with Gasteiger partial charge in [0.05, 0.1) is 0 Å². The summed E-state index contributed by atoms with van der Waals surface area (Å²) in [5, 5.41) is 18.1. The third-order valence-electron chi connectivity index (χ3n) is 6.92. The van der Waals surface area contributed by atoms with Crippen LogP contribution in [0.3, 0.4) is 0 Å². The van der Waals surface area contributed by atoms with Crippen LogP contribution < -0.4 is 10.1 Å². The van der Waals surface area contributed by atoms with E-state index in [9.17, 15) is 4.79 Å². The Hall–Kier alpha value is -3.39. The van der Waals surface area contributed by atoms with Gasteiger partial charge in [-0.25, -0.2) is 9.59 Å². The van der Waals surface area contributed by atoms with Crippen molar-refractivity contribution in [2.24, 2.45) is 5.92 Å². The molecule has 1 saturated heterocycles. The van der Waals surface area contributed by atoms with Crippen LogP contribution in [0.2, 0.25) is 0 Å². The van der Waals surface area contributed by atoms with Gasteiger partial charge >= 0.3 is 11.9 Å². The SMILES string of the molecule is O=C(NC1CCCCCC1)C1CCN(Cc2ccc(OCc3ccccc3)cc2)CC1.O=C(O)C(=O)O. The molecule has 0 radical (unpaired) electrons. The topological polar surface area (TPSA) is 116 Å². The average Bonchev–Trinajstić information content (AvgIpc) is 3.18. The molecule has 37 heavy (non-hydrogen) atoms. The second-order valence-electron chi connectivity index (χ2n) is 9.78. The first kappa shape index (κ1) is 28.2. The molecular weight excluding hydrogens is 472 g/mol. The van der Waals surface area contributed by atoms with Crippen molar-refractivity contribution >= 4 is 17.8 Å². The Balaban J connectivity index is 0.000000568. The van der Waals surface area contributed by atoms with Crippen molar-refractivity contribution in [3.8, 4) is 5.75 Å². The number of carboxylic acids is 2. The Morgan fingerprint density at radius 1 is 0.784 bits per heavy atom. The van der Waals surface area contributed by atoms with Gasteiger partial charge in [-0.3, -0.25) is 9.69 Å². The smallest absolute Gasteiger partial charge is 0.414 e. The monoisotopic (exact) mass is 510 g/mol. The standard InChI is InChI=1S/C27H36N2O2.C2H2O4/c30-27(28-25-10-6-1-2-7-11-25)24-16-18-29(19-17-24)20-22-12-14-26(15-13-22)31-21-23-8-4-3-5-9-23;3-1(4)2(5)6/h3-5,8-9,12-15,24-25H,1-2,6-7,10-11,16-21H2,(H,28,30);(H,3,4)(H,5,6). The number of benzene rings is 2. The van der Waals surface area contributed by atoms with Gasteiger partial charge < -0.3 is 20.3 Å². The Morgan fingerprint density at radius 2 is 1.38 bits per heavy atom. The van der Waals surface area contributed by atoms with Crippen LogP contribution in [0.15, 0.2) is 54.6 Å². The molecule has 1 amide bonds. The van der Waals surface area contributed by atoms with Gasteiger partial charge in [0.1, 0.15) is 12.4 Å². The highest BCUT2D eigenvalue weighted by molar-refractivity contribution is 6.27. The van der Waals surface area contributed by atoms with E-state index in [0.29, 0.717) is 18.6 Å². The van der Waals surface area contributed by atoms with Crippen molar-refractivity contribution in [1.82, 2.24) is 10.2 Å². The molecule has 1 aliphatic heterocycles. The third-order valence-corrected chi connectivity index (χ3v) is 6.92. The van der Waals surface area contributed by atoms with Crippen LogP contribution in [0, 0.1) is 5.92 Å². The zero-order valence-electron chi connectivity index (χ0n) is 21.3. The van der Waals surface area contributed by atoms with E-state index < -0.39 is 11.9 Å². The summed E-state index contributed by atoms with van der Waals surface area (Å²) in [6, 6.07) is 19.1. The van der Waals surface area contributed by atoms with Crippen molar-refractivity contribution in [2.45, 2.75) is 70.6 Å². The molecule has 1 aliphatic carbocycles. The second-order valence-corrected chi connectivity index (χ2v) is 9.78. The van der Waals surface area contributed by atoms with Crippen molar-refractivity contribution in [3.63, 3.8) is 0 Å². The fourth-order valence-corrected chi connectivity index (χ4v) is 4.79. The van der Waals surface area contributed by atoms with E-state index in [-0.39, 0.29) is 5.92 Å². The summed E-state index contributed by atoms with van der Waals surface area (Å²) in [5.74, 6) is -2.26. The Bertz CT molecular complexity index is 967. The van der Waals surface area contributed by atoms with E-state index in [0.717, 1.165) is 51.1 Å². The zero-order chi connectivity index (χ0) is 26.5. The molecule has 2 aliphatic rings. The molecule has 0 bridgehead atoms. The summed E-state index contributed by atoms with van der Waals surface area (Å²) in [6.45, 7) is 3.52. The first-order valence-corrected chi connectivity index (χ1v) is 13.2. The first-order valence-electron chi connectivity index (χ1n) is 13.2. The number of rotatable bonds is 7. The lowest BCUT2D eigenvalue weighted by Crippen LogP contribution is -2.43. The lowest BCUT2D eigenvalue weighted by Gasteiger charge is -2.32.